The van der Waals surface area contributed by atoms with Crippen LogP contribution in [-0.2, 0) is 9.84 Å². The first-order valence-corrected chi connectivity index (χ1v) is 6.75. The number of rotatable bonds is 4. The summed E-state index contributed by atoms with van der Waals surface area (Å²) in [4.78, 5) is 7.41. The van der Waals surface area contributed by atoms with Crippen molar-refractivity contribution >= 4 is 33.0 Å². The molecule has 1 aromatic heterocycles. The molecule has 90 valence electrons. The highest BCUT2D eigenvalue weighted by atomic mass is 35.5. The average Bonchev–Trinajstić information content (AvgIpc) is 2.28. The predicted octanol–water partition coefficient (Wildman–Crippen LogP) is 1.54. The second-order valence-corrected chi connectivity index (χ2v) is 6.02. The van der Waals surface area contributed by atoms with Gasteiger partial charge in [0.25, 0.3) is 0 Å². The van der Waals surface area contributed by atoms with E-state index in [1.807, 2.05) is 0 Å². The molecule has 0 saturated carbocycles. The largest absolute Gasteiger partial charge is 0.467 e. The molecular weight excluding hydrogens is 275 g/mol. The number of aromatic nitrogens is 2. The van der Waals surface area contributed by atoms with Gasteiger partial charge in [-0.25, -0.2) is 13.4 Å². The lowest BCUT2D eigenvalue weighted by Gasteiger charge is -2.10. The zero-order chi connectivity index (χ0) is 12.3. The maximum atomic E-state index is 11.9. The Labute approximate surface area is 104 Å². The van der Waals surface area contributed by atoms with Crippen LogP contribution in [0.15, 0.2) is 11.2 Å². The second kappa shape index (κ2) is 5.16. The van der Waals surface area contributed by atoms with Crippen LogP contribution in [0.2, 0.25) is 5.02 Å². The Morgan fingerprint density at radius 2 is 2.19 bits per heavy atom. The van der Waals surface area contributed by atoms with Gasteiger partial charge >= 0.3 is 6.01 Å². The van der Waals surface area contributed by atoms with E-state index in [0.717, 1.165) is 0 Å². The van der Waals surface area contributed by atoms with Crippen LogP contribution in [-0.4, -0.2) is 36.6 Å². The van der Waals surface area contributed by atoms with E-state index in [-0.39, 0.29) is 21.9 Å². The molecule has 0 aliphatic carbocycles. The molecule has 0 amide bonds. The molecule has 0 radical (unpaired) electrons. The zero-order valence-electron chi connectivity index (χ0n) is 8.65. The van der Waals surface area contributed by atoms with E-state index >= 15 is 0 Å². The molecule has 8 heteroatoms. The molecular formula is C8H10Cl2N2O3S. The van der Waals surface area contributed by atoms with Gasteiger partial charge in [0.1, 0.15) is 0 Å². The number of methoxy groups -OCH3 is 1. The first kappa shape index (κ1) is 13.5. The van der Waals surface area contributed by atoms with Gasteiger partial charge in [-0.2, -0.15) is 4.98 Å². The average molecular weight is 285 g/mol. The monoisotopic (exact) mass is 284 g/mol. The molecule has 0 aliphatic rings. The van der Waals surface area contributed by atoms with Crippen molar-refractivity contribution in [1.82, 2.24) is 9.97 Å². The van der Waals surface area contributed by atoms with Gasteiger partial charge in [-0.05, 0) is 6.92 Å². The van der Waals surface area contributed by atoms with E-state index in [2.05, 4.69) is 9.97 Å². The Kier molecular flexibility index (Phi) is 4.35. The first-order valence-electron chi connectivity index (χ1n) is 4.30. The first-order chi connectivity index (χ1) is 7.43. The van der Waals surface area contributed by atoms with E-state index in [1.54, 1.807) is 0 Å². The summed E-state index contributed by atoms with van der Waals surface area (Å²) in [5.41, 5.74) is 0. The quantitative estimate of drug-likeness (QED) is 0.620. The Balaban J connectivity index is 3.32. The standard InChI is InChI=1S/C8H10Cl2N2O3S/c1-5(3-9)16(13,14)7-6(10)4-11-8(12-7)15-2/h4-5H,3H2,1-2H3. The molecule has 1 rings (SSSR count). The lowest BCUT2D eigenvalue weighted by molar-refractivity contribution is 0.375. The molecule has 0 aliphatic heterocycles. The Morgan fingerprint density at radius 3 is 2.69 bits per heavy atom. The van der Waals surface area contributed by atoms with Crippen LogP contribution < -0.4 is 4.74 Å². The van der Waals surface area contributed by atoms with E-state index in [4.69, 9.17) is 27.9 Å². The van der Waals surface area contributed by atoms with Crippen molar-refractivity contribution in [3.05, 3.63) is 11.2 Å². The van der Waals surface area contributed by atoms with Crippen LogP contribution in [0.3, 0.4) is 0 Å². The minimum Gasteiger partial charge on any atom is -0.467 e. The van der Waals surface area contributed by atoms with Gasteiger partial charge in [0.05, 0.1) is 23.6 Å². The number of sulfone groups is 1. The van der Waals surface area contributed by atoms with Gasteiger partial charge < -0.3 is 4.74 Å². The van der Waals surface area contributed by atoms with Crippen molar-refractivity contribution < 1.29 is 13.2 Å². The maximum Gasteiger partial charge on any atom is 0.317 e. The molecule has 1 unspecified atom stereocenters. The summed E-state index contributed by atoms with van der Waals surface area (Å²) in [6.07, 6.45) is 1.18. The summed E-state index contributed by atoms with van der Waals surface area (Å²) in [6.45, 7) is 1.48. The minimum absolute atomic E-state index is 0.0367. The number of ether oxygens (including phenoxy) is 1. The molecule has 0 fully saturated rings. The maximum absolute atomic E-state index is 11.9. The van der Waals surface area contributed by atoms with Crippen molar-refractivity contribution in [1.29, 1.82) is 0 Å². The van der Waals surface area contributed by atoms with Crippen LogP contribution in [0.25, 0.3) is 0 Å². The van der Waals surface area contributed by atoms with Crippen LogP contribution >= 0.6 is 23.2 Å². The van der Waals surface area contributed by atoms with E-state index in [9.17, 15) is 8.42 Å². The summed E-state index contributed by atoms with van der Waals surface area (Å²) < 4.78 is 28.6. The van der Waals surface area contributed by atoms with Crippen LogP contribution in [0.1, 0.15) is 6.92 Å². The molecule has 1 aromatic rings. The van der Waals surface area contributed by atoms with Crippen LogP contribution in [0.4, 0.5) is 0 Å². The van der Waals surface area contributed by atoms with Gasteiger partial charge in [-0.15, -0.1) is 11.6 Å². The summed E-state index contributed by atoms with van der Waals surface area (Å²) in [5, 5.41) is -1.07. The highest BCUT2D eigenvalue weighted by Gasteiger charge is 2.27. The molecule has 0 N–H and O–H groups in total. The number of hydrogen-bond acceptors (Lipinski definition) is 5. The van der Waals surface area contributed by atoms with E-state index in [0.29, 0.717) is 0 Å². The molecule has 1 atom stereocenters. The van der Waals surface area contributed by atoms with Gasteiger partial charge in [-0.1, -0.05) is 11.6 Å². The Bertz CT molecular complexity index is 478. The number of alkyl halides is 1. The third-order valence-electron chi connectivity index (χ3n) is 1.89. The molecule has 0 saturated heterocycles. The van der Waals surface area contributed by atoms with Crippen LogP contribution in [0.5, 0.6) is 6.01 Å². The lowest BCUT2D eigenvalue weighted by atomic mass is 10.6. The molecule has 16 heavy (non-hydrogen) atoms. The van der Waals surface area contributed by atoms with Crippen LogP contribution in [0, 0.1) is 0 Å². The molecule has 0 bridgehead atoms. The van der Waals surface area contributed by atoms with Gasteiger partial charge in [0.15, 0.2) is 5.03 Å². The third-order valence-corrected chi connectivity index (χ3v) is 5.00. The predicted molar refractivity (Wildman–Crippen MR) is 61.0 cm³/mol. The van der Waals surface area contributed by atoms with Gasteiger partial charge in [-0.3, -0.25) is 0 Å². The fourth-order valence-corrected chi connectivity index (χ4v) is 2.90. The molecule has 0 aromatic carbocycles. The minimum atomic E-state index is -3.65. The fraction of sp³-hybridized carbons (Fsp3) is 0.500. The summed E-state index contributed by atoms with van der Waals surface area (Å²) in [7, 11) is -2.31. The highest BCUT2D eigenvalue weighted by molar-refractivity contribution is 7.92. The van der Waals surface area contributed by atoms with Gasteiger partial charge in [0, 0.05) is 5.88 Å². The van der Waals surface area contributed by atoms with Crippen molar-refractivity contribution in [3.63, 3.8) is 0 Å². The smallest absolute Gasteiger partial charge is 0.317 e. The summed E-state index contributed by atoms with van der Waals surface area (Å²) in [6, 6.07) is -0.0512. The van der Waals surface area contributed by atoms with Crippen molar-refractivity contribution in [2.75, 3.05) is 13.0 Å². The van der Waals surface area contributed by atoms with Gasteiger partial charge in [0.2, 0.25) is 9.84 Å². The van der Waals surface area contributed by atoms with Crippen molar-refractivity contribution in [2.45, 2.75) is 17.2 Å². The van der Waals surface area contributed by atoms with E-state index < -0.39 is 15.1 Å². The fourth-order valence-electron chi connectivity index (χ4n) is 0.908. The number of halogens is 2. The summed E-state index contributed by atoms with van der Waals surface area (Å²) in [5.74, 6) is -0.0367. The lowest BCUT2D eigenvalue weighted by Crippen LogP contribution is -2.21. The summed E-state index contributed by atoms with van der Waals surface area (Å²) >= 11 is 11.3. The van der Waals surface area contributed by atoms with Crippen molar-refractivity contribution in [2.24, 2.45) is 0 Å². The highest BCUT2D eigenvalue weighted by Crippen LogP contribution is 2.24. The molecule has 0 spiro atoms. The topological polar surface area (TPSA) is 69.2 Å². The molecule has 1 heterocycles. The normalized spacial score (nSPS) is 13.5. The number of nitrogens with zero attached hydrogens (tertiary/aromatic N) is 2. The zero-order valence-corrected chi connectivity index (χ0v) is 11.0. The Morgan fingerprint density at radius 1 is 1.56 bits per heavy atom. The number of hydrogen-bond donors (Lipinski definition) is 0. The SMILES string of the molecule is COc1ncc(Cl)c(S(=O)(=O)C(C)CCl)n1. The Hall–Kier alpha value is -0.590. The van der Waals surface area contributed by atoms with E-state index in [1.165, 1.54) is 20.2 Å². The molecule has 5 nitrogen and oxygen atoms in total. The van der Waals surface area contributed by atoms with Crippen molar-refractivity contribution in [3.8, 4) is 6.01 Å². The third kappa shape index (κ3) is 2.56. The second-order valence-electron chi connectivity index (χ2n) is 3.02.